The molecule has 1 atom stereocenters. The van der Waals surface area contributed by atoms with Gasteiger partial charge in [-0.2, -0.15) is 0 Å². The molecule has 0 fully saturated rings. The van der Waals surface area contributed by atoms with E-state index in [1.165, 1.54) is 11.1 Å². The summed E-state index contributed by atoms with van der Waals surface area (Å²) in [5.41, 5.74) is 2.55. The first kappa shape index (κ1) is 16.0. The molecule has 1 rings (SSSR count). The number of aryl methyl sites for hydroxylation is 1. The molecule has 0 aliphatic carbocycles. The topological polar surface area (TPSA) is 32.7 Å². The summed E-state index contributed by atoms with van der Waals surface area (Å²) in [7, 11) is 3.82. The Labute approximate surface area is 117 Å². The van der Waals surface area contributed by atoms with Crippen molar-refractivity contribution >= 4 is 0 Å². The molecule has 0 heterocycles. The van der Waals surface area contributed by atoms with Crippen LogP contribution < -0.4 is 4.74 Å². The van der Waals surface area contributed by atoms with Gasteiger partial charge >= 0.3 is 0 Å². The molecule has 0 radical (unpaired) electrons. The maximum atomic E-state index is 9.25. The third-order valence-electron chi connectivity index (χ3n) is 3.58. The van der Waals surface area contributed by atoms with E-state index in [1.54, 1.807) is 7.11 Å². The molecule has 19 heavy (non-hydrogen) atoms. The van der Waals surface area contributed by atoms with Crippen molar-refractivity contribution < 1.29 is 9.84 Å². The van der Waals surface area contributed by atoms with Crippen molar-refractivity contribution in [1.29, 1.82) is 0 Å². The average molecular weight is 265 g/mol. The highest BCUT2D eigenvalue weighted by Crippen LogP contribution is 2.21. The van der Waals surface area contributed by atoms with Crippen LogP contribution in [0.15, 0.2) is 18.2 Å². The van der Waals surface area contributed by atoms with Gasteiger partial charge in [-0.05, 0) is 43.0 Å². The molecule has 1 unspecified atom stereocenters. The van der Waals surface area contributed by atoms with Crippen LogP contribution >= 0.6 is 0 Å². The molecule has 1 aromatic rings. The summed E-state index contributed by atoms with van der Waals surface area (Å²) in [5, 5.41) is 9.25. The van der Waals surface area contributed by atoms with Crippen molar-refractivity contribution in [2.75, 3.05) is 27.3 Å². The lowest BCUT2D eigenvalue weighted by molar-refractivity contribution is 0.173. The van der Waals surface area contributed by atoms with Crippen LogP contribution in [-0.4, -0.2) is 37.3 Å². The van der Waals surface area contributed by atoms with E-state index in [-0.39, 0.29) is 6.61 Å². The number of hydrogen-bond acceptors (Lipinski definition) is 3. The molecule has 0 amide bonds. The van der Waals surface area contributed by atoms with E-state index in [9.17, 15) is 5.11 Å². The van der Waals surface area contributed by atoms with Gasteiger partial charge in [0.05, 0.1) is 7.11 Å². The van der Waals surface area contributed by atoms with Gasteiger partial charge in [0.2, 0.25) is 0 Å². The minimum absolute atomic E-state index is 0.268. The molecule has 1 aromatic carbocycles. The second-order valence-corrected chi connectivity index (χ2v) is 5.15. The first-order chi connectivity index (χ1) is 9.14. The molecule has 0 spiro atoms. The Kier molecular flexibility index (Phi) is 6.89. The SMILES string of the molecule is CCc1cc(CN(C)CC(CC)CO)ccc1OC. The van der Waals surface area contributed by atoms with E-state index in [2.05, 4.69) is 37.9 Å². The fourth-order valence-corrected chi connectivity index (χ4v) is 2.34. The normalized spacial score (nSPS) is 12.7. The van der Waals surface area contributed by atoms with Crippen LogP contribution in [0.2, 0.25) is 0 Å². The third-order valence-corrected chi connectivity index (χ3v) is 3.58. The molecule has 0 saturated heterocycles. The minimum Gasteiger partial charge on any atom is -0.496 e. The van der Waals surface area contributed by atoms with Crippen molar-refractivity contribution in [1.82, 2.24) is 4.90 Å². The first-order valence-corrected chi connectivity index (χ1v) is 7.09. The van der Waals surface area contributed by atoms with E-state index < -0.39 is 0 Å². The molecule has 0 bridgehead atoms. The van der Waals surface area contributed by atoms with Gasteiger partial charge in [-0.15, -0.1) is 0 Å². The minimum atomic E-state index is 0.268. The lowest BCUT2D eigenvalue weighted by Gasteiger charge is -2.22. The predicted octanol–water partition coefficient (Wildman–Crippen LogP) is 2.71. The molecule has 3 nitrogen and oxygen atoms in total. The van der Waals surface area contributed by atoms with Crippen LogP contribution in [0.1, 0.15) is 31.4 Å². The van der Waals surface area contributed by atoms with E-state index >= 15 is 0 Å². The molecule has 0 aliphatic rings. The monoisotopic (exact) mass is 265 g/mol. The van der Waals surface area contributed by atoms with Gasteiger partial charge in [-0.3, -0.25) is 0 Å². The lowest BCUT2D eigenvalue weighted by atomic mass is 10.1. The second-order valence-electron chi connectivity index (χ2n) is 5.15. The third kappa shape index (κ3) is 4.84. The zero-order valence-electron chi connectivity index (χ0n) is 12.6. The van der Waals surface area contributed by atoms with Crippen molar-refractivity contribution in [3.05, 3.63) is 29.3 Å². The van der Waals surface area contributed by atoms with Gasteiger partial charge in [0.15, 0.2) is 0 Å². The number of aliphatic hydroxyl groups is 1. The summed E-state index contributed by atoms with van der Waals surface area (Å²) < 4.78 is 5.35. The van der Waals surface area contributed by atoms with Crippen LogP contribution in [-0.2, 0) is 13.0 Å². The van der Waals surface area contributed by atoms with Gasteiger partial charge in [0, 0.05) is 19.7 Å². The smallest absolute Gasteiger partial charge is 0.122 e. The molecular weight excluding hydrogens is 238 g/mol. The molecule has 3 heteroatoms. The lowest BCUT2D eigenvalue weighted by Crippen LogP contribution is -2.27. The van der Waals surface area contributed by atoms with Crippen molar-refractivity contribution in [3.63, 3.8) is 0 Å². The van der Waals surface area contributed by atoms with E-state index in [1.807, 2.05) is 6.07 Å². The largest absolute Gasteiger partial charge is 0.496 e. The summed E-state index contributed by atoms with van der Waals surface area (Å²) in [6.07, 6.45) is 2.00. The Bertz CT molecular complexity index is 375. The van der Waals surface area contributed by atoms with E-state index in [4.69, 9.17) is 4.74 Å². The predicted molar refractivity (Wildman–Crippen MR) is 79.6 cm³/mol. The van der Waals surface area contributed by atoms with Gasteiger partial charge in [-0.25, -0.2) is 0 Å². The number of aliphatic hydroxyl groups excluding tert-OH is 1. The number of hydrogen-bond donors (Lipinski definition) is 1. The maximum absolute atomic E-state index is 9.25. The second kappa shape index (κ2) is 8.18. The molecule has 108 valence electrons. The molecule has 0 saturated carbocycles. The highest BCUT2D eigenvalue weighted by atomic mass is 16.5. The Morgan fingerprint density at radius 3 is 2.58 bits per heavy atom. The number of ether oxygens (including phenoxy) is 1. The average Bonchev–Trinajstić information content (AvgIpc) is 2.44. The van der Waals surface area contributed by atoms with Crippen LogP contribution in [0.25, 0.3) is 0 Å². The number of benzene rings is 1. The zero-order valence-corrected chi connectivity index (χ0v) is 12.6. The molecule has 1 N–H and O–H groups in total. The first-order valence-electron chi connectivity index (χ1n) is 7.09. The maximum Gasteiger partial charge on any atom is 0.122 e. The fourth-order valence-electron chi connectivity index (χ4n) is 2.34. The molecule has 0 aromatic heterocycles. The molecule has 0 aliphatic heterocycles. The van der Waals surface area contributed by atoms with Gasteiger partial charge in [0.1, 0.15) is 5.75 Å². The van der Waals surface area contributed by atoms with Gasteiger partial charge in [-0.1, -0.05) is 26.0 Å². The summed E-state index contributed by atoms with van der Waals surface area (Å²) in [5.74, 6) is 1.34. The Morgan fingerprint density at radius 2 is 2.05 bits per heavy atom. The Morgan fingerprint density at radius 1 is 1.32 bits per heavy atom. The Hall–Kier alpha value is -1.06. The number of methoxy groups -OCH3 is 1. The standard InChI is InChI=1S/C16H27NO2/c1-5-13(12-18)10-17(3)11-14-7-8-16(19-4)15(6-2)9-14/h7-9,13,18H,5-6,10-12H2,1-4H3. The van der Waals surface area contributed by atoms with Crippen molar-refractivity contribution in [2.24, 2.45) is 5.92 Å². The summed E-state index contributed by atoms with van der Waals surface area (Å²) in [6.45, 7) is 6.37. The quantitative estimate of drug-likeness (QED) is 0.784. The van der Waals surface area contributed by atoms with Crippen LogP contribution in [0.3, 0.4) is 0 Å². The number of nitrogens with zero attached hydrogens (tertiary/aromatic N) is 1. The summed E-state index contributed by atoms with van der Waals surface area (Å²) in [4.78, 5) is 2.27. The fraction of sp³-hybridized carbons (Fsp3) is 0.625. The van der Waals surface area contributed by atoms with Crippen LogP contribution in [0, 0.1) is 5.92 Å². The van der Waals surface area contributed by atoms with Crippen molar-refractivity contribution in [3.8, 4) is 5.75 Å². The van der Waals surface area contributed by atoms with E-state index in [0.29, 0.717) is 5.92 Å². The zero-order chi connectivity index (χ0) is 14.3. The number of rotatable bonds is 8. The van der Waals surface area contributed by atoms with E-state index in [0.717, 1.165) is 31.7 Å². The summed E-state index contributed by atoms with van der Waals surface area (Å²) in [6, 6.07) is 6.38. The Balaban J connectivity index is 2.66. The molecular formula is C16H27NO2. The highest BCUT2D eigenvalue weighted by molar-refractivity contribution is 5.37. The highest BCUT2D eigenvalue weighted by Gasteiger charge is 2.10. The van der Waals surface area contributed by atoms with Crippen LogP contribution in [0.5, 0.6) is 5.75 Å². The van der Waals surface area contributed by atoms with Crippen LogP contribution in [0.4, 0.5) is 0 Å². The van der Waals surface area contributed by atoms with Gasteiger partial charge < -0.3 is 14.7 Å². The summed E-state index contributed by atoms with van der Waals surface area (Å²) >= 11 is 0. The van der Waals surface area contributed by atoms with Gasteiger partial charge in [0.25, 0.3) is 0 Å². The van der Waals surface area contributed by atoms with Crippen molar-refractivity contribution in [2.45, 2.75) is 33.2 Å².